The molecule has 6 nitrogen and oxygen atoms in total. The average molecular weight is 484 g/mol. The van der Waals surface area contributed by atoms with Crippen molar-refractivity contribution in [1.82, 2.24) is 0 Å². The zero-order valence-corrected chi connectivity index (χ0v) is 19.9. The predicted octanol–water partition coefficient (Wildman–Crippen LogP) is 5.41. The van der Waals surface area contributed by atoms with Gasteiger partial charge >= 0.3 is 0 Å². The number of carbonyl (C=O) groups is 1. The Balaban J connectivity index is 1.65. The summed E-state index contributed by atoms with van der Waals surface area (Å²) in [6.07, 6.45) is 2.23. The second kappa shape index (κ2) is 9.85. The van der Waals surface area contributed by atoms with Gasteiger partial charge in [0, 0.05) is 19.6 Å². The lowest BCUT2D eigenvalue weighted by molar-refractivity contribution is 0.102. The van der Waals surface area contributed by atoms with E-state index in [-0.39, 0.29) is 22.0 Å². The molecule has 0 aliphatic carbocycles. The molecule has 1 fully saturated rings. The number of para-hydroxylation sites is 3. The van der Waals surface area contributed by atoms with E-state index < -0.39 is 15.9 Å². The highest BCUT2D eigenvalue weighted by atomic mass is 35.5. The van der Waals surface area contributed by atoms with Crippen LogP contribution in [-0.4, -0.2) is 34.0 Å². The van der Waals surface area contributed by atoms with Crippen LogP contribution in [0.1, 0.15) is 30.1 Å². The summed E-state index contributed by atoms with van der Waals surface area (Å²) in [6.45, 7) is 3.89. The van der Waals surface area contributed by atoms with Crippen molar-refractivity contribution in [3.05, 3.63) is 83.4 Å². The van der Waals surface area contributed by atoms with Gasteiger partial charge in [-0.1, -0.05) is 41.9 Å². The van der Waals surface area contributed by atoms with Gasteiger partial charge in [0.05, 0.1) is 32.5 Å². The van der Waals surface area contributed by atoms with E-state index in [0.717, 1.165) is 31.6 Å². The Labute approximate surface area is 199 Å². The zero-order chi connectivity index (χ0) is 23.4. The second-order valence-electron chi connectivity index (χ2n) is 7.81. The molecule has 0 unspecified atom stereocenters. The molecular formula is C25H26ClN3O3S. The fourth-order valence-electron chi connectivity index (χ4n) is 4.05. The van der Waals surface area contributed by atoms with E-state index in [1.807, 2.05) is 30.3 Å². The smallest absolute Gasteiger partial charge is 0.264 e. The normalized spacial score (nSPS) is 13.7. The van der Waals surface area contributed by atoms with Crippen molar-refractivity contribution < 1.29 is 13.2 Å². The number of nitrogens with one attached hydrogen (secondary N) is 1. The number of hydrogen-bond acceptors (Lipinski definition) is 4. The fourth-order valence-corrected chi connectivity index (χ4v) is 5.76. The van der Waals surface area contributed by atoms with E-state index in [0.29, 0.717) is 11.4 Å². The SMILES string of the molecule is CCN(c1ccccc1)S(=O)(=O)c1ccc(Cl)c(C(=O)Nc2ccccc2N2CCCC2)c1. The largest absolute Gasteiger partial charge is 0.370 e. The molecule has 0 saturated carbocycles. The number of carbonyl (C=O) groups excluding carboxylic acids is 1. The maximum absolute atomic E-state index is 13.4. The molecule has 8 heteroatoms. The molecule has 0 radical (unpaired) electrons. The summed E-state index contributed by atoms with van der Waals surface area (Å²) in [4.78, 5) is 15.4. The molecule has 1 amide bonds. The topological polar surface area (TPSA) is 69.7 Å². The molecule has 33 heavy (non-hydrogen) atoms. The maximum atomic E-state index is 13.4. The summed E-state index contributed by atoms with van der Waals surface area (Å²) in [7, 11) is -3.88. The minimum atomic E-state index is -3.88. The summed E-state index contributed by atoms with van der Waals surface area (Å²) >= 11 is 6.33. The molecule has 3 aromatic carbocycles. The van der Waals surface area contributed by atoms with Crippen molar-refractivity contribution in [1.29, 1.82) is 0 Å². The predicted molar refractivity (Wildman–Crippen MR) is 134 cm³/mol. The van der Waals surface area contributed by atoms with Crippen molar-refractivity contribution >= 4 is 44.6 Å². The second-order valence-corrected chi connectivity index (χ2v) is 10.1. The number of amides is 1. The van der Waals surface area contributed by atoms with Gasteiger partial charge < -0.3 is 10.2 Å². The molecule has 0 spiro atoms. The minimum Gasteiger partial charge on any atom is -0.370 e. The van der Waals surface area contributed by atoms with E-state index >= 15 is 0 Å². The van der Waals surface area contributed by atoms with Crippen LogP contribution in [0.15, 0.2) is 77.7 Å². The molecule has 3 aromatic rings. The molecule has 4 rings (SSSR count). The van der Waals surface area contributed by atoms with Gasteiger partial charge in [0.25, 0.3) is 15.9 Å². The molecule has 172 valence electrons. The molecule has 0 aromatic heterocycles. The summed E-state index contributed by atoms with van der Waals surface area (Å²) in [6, 6.07) is 20.7. The first-order chi connectivity index (χ1) is 15.9. The Morgan fingerprint density at radius 1 is 1.00 bits per heavy atom. The minimum absolute atomic E-state index is 0.00980. The van der Waals surface area contributed by atoms with E-state index in [2.05, 4.69) is 10.2 Å². The first-order valence-electron chi connectivity index (χ1n) is 10.9. The lowest BCUT2D eigenvalue weighted by atomic mass is 10.2. The first-order valence-corrected chi connectivity index (χ1v) is 12.8. The van der Waals surface area contributed by atoms with Crippen LogP contribution in [0.2, 0.25) is 5.02 Å². The summed E-state index contributed by atoms with van der Waals surface area (Å²) < 4.78 is 28.1. The van der Waals surface area contributed by atoms with Crippen molar-refractivity contribution in [2.45, 2.75) is 24.7 Å². The summed E-state index contributed by atoms with van der Waals surface area (Å²) in [5, 5.41) is 3.11. The van der Waals surface area contributed by atoms with Gasteiger partial charge in [0.15, 0.2) is 0 Å². The molecule has 1 N–H and O–H groups in total. The third-order valence-corrected chi connectivity index (χ3v) is 7.93. The van der Waals surface area contributed by atoms with Crippen LogP contribution in [0.4, 0.5) is 17.1 Å². The number of sulfonamides is 1. The van der Waals surface area contributed by atoms with Crippen LogP contribution >= 0.6 is 11.6 Å². The van der Waals surface area contributed by atoms with Crippen molar-refractivity contribution in [3.63, 3.8) is 0 Å². The zero-order valence-electron chi connectivity index (χ0n) is 18.4. The highest BCUT2D eigenvalue weighted by Crippen LogP contribution is 2.31. The van der Waals surface area contributed by atoms with Crippen LogP contribution in [-0.2, 0) is 10.0 Å². The van der Waals surface area contributed by atoms with Crippen LogP contribution < -0.4 is 14.5 Å². The first kappa shape index (κ1) is 23.1. The summed E-state index contributed by atoms with van der Waals surface area (Å²) in [5.74, 6) is -0.452. The number of nitrogens with zero attached hydrogens (tertiary/aromatic N) is 2. The lowest BCUT2D eigenvalue weighted by Crippen LogP contribution is -2.31. The highest BCUT2D eigenvalue weighted by Gasteiger charge is 2.26. The van der Waals surface area contributed by atoms with E-state index in [4.69, 9.17) is 11.6 Å². The monoisotopic (exact) mass is 483 g/mol. The molecule has 0 atom stereocenters. The quantitative estimate of drug-likeness (QED) is 0.488. The number of anilines is 3. The van der Waals surface area contributed by atoms with E-state index in [1.54, 1.807) is 31.2 Å². The number of halogens is 1. The Kier molecular flexibility index (Phi) is 6.91. The highest BCUT2D eigenvalue weighted by molar-refractivity contribution is 7.92. The number of rotatable bonds is 7. The van der Waals surface area contributed by atoms with Crippen LogP contribution in [0.5, 0.6) is 0 Å². The van der Waals surface area contributed by atoms with Gasteiger partial charge in [-0.3, -0.25) is 9.10 Å². The van der Waals surface area contributed by atoms with Crippen molar-refractivity contribution in [2.75, 3.05) is 34.2 Å². The third kappa shape index (κ3) is 4.84. The third-order valence-electron chi connectivity index (χ3n) is 5.70. The molecule has 1 aliphatic rings. The van der Waals surface area contributed by atoms with Gasteiger partial charge in [-0.15, -0.1) is 0 Å². The summed E-state index contributed by atoms with van der Waals surface area (Å²) in [5.41, 5.74) is 2.29. The Bertz CT molecular complexity index is 1240. The average Bonchev–Trinajstić information content (AvgIpc) is 3.35. The van der Waals surface area contributed by atoms with E-state index in [9.17, 15) is 13.2 Å². The van der Waals surface area contributed by atoms with Gasteiger partial charge in [0.1, 0.15) is 0 Å². The van der Waals surface area contributed by atoms with Crippen LogP contribution in [0.3, 0.4) is 0 Å². The van der Waals surface area contributed by atoms with Gasteiger partial charge in [-0.25, -0.2) is 8.42 Å². The molecule has 1 heterocycles. The molecule has 0 bridgehead atoms. The fraction of sp³-hybridized carbons (Fsp3) is 0.240. The Hall–Kier alpha value is -3.03. The Morgan fingerprint density at radius 2 is 1.67 bits per heavy atom. The van der Waals surface area contributed by atoms with Crippen molar-refractivity contribution in [3.8, 4) is 0 Å². The molecule has 1 saturated heterocycles. The number of hydrogen-bond donors (Lipinski definition) is 1. The standard InChI is InChI=1S/C25H26ClN3O3S/c1-2-29(19-10-4-3-5-11-19)33(31,32)20-14-15-22(26)21(18-20)25(30)27-23-12-6-7-13-24(23)28-16-8-9-17-28/h3-7,10-15,18H,2,8-9,16-17H2,1H3,(H,27,30). The van der Waals surface area contributed by atoms with Gasteiger partial charge in [-0.2, -0.15) is 0 Å². The maximum Gasteiger partial charge on any atom is 0.264 e. The van der Waals surface area contributed by atoms with Crippen molar-refractivity contribution in [2.24, 2.45) is 0 Å². The lowest BCUT2D eigenvalue weighted by Gasteiger charge is -2.23. The Morgan fingerprint density at radius 3 is 2.36 bits per heavy atom. The molecular weight excluding hydrogens is 458 g/mol. The number of benzene rings is 3. The van der Waals surface area contributed by atoms with Crippen LogP contribution in [0, 0.1) is 0 Å². The van der Waals surface area contributed by atoms with Gasteiger partial charge in [-0.05, 0) is 62.2 Å². The van der Waals surface area contributed by atoms with Gasteiger partial charge in [0.2, 0.25) is 0 Å². The van der Waals surface area contributed by atoms with Crippen LogP contribution in [0.25, 0.3) is 0 Å². The van der Waals surface area contributed by atoms with E-state index in [1.165, 1.54) is 22.5 Å². The molecule has 1 aliphatic heterocycles.